The van der Waals surface area contributed by atoms with Gasteiger partial charge in [-0.05, 0) is 0 Å². The van der Waals surface area contributed by atoms with Gasteiger partial charge in [0, 0.05) is 0 Å². The molecule has 0 aromatic carbocycles. The molecule has 0 spiro atoms. The van der Waals surface area contributed by atoms with Gasteiger partial charge in [-0.2, -0.15) is 0 Å². The third-order valence-electron chi connectivity index (χ3n) is 3.79. The number of hydrogen-bond donors (Lipinski definition) is 0. The van der Waals surface area contributed by atoms with Crippen LogP contribution in [0.25, 0.3) is 0 Å². The summed E-state index contributed by atoms with van der Waals surface area (Å²) in [6.07, 6.45) is 0. The predicted octanol–water partition coefficient (Wildman–Crippen LogP) is 4.96. The molecule has 0 aliphatic rings. The van der Waals surface area contributed by atoms with Crippen LogP contribution < -0.4 is 0 Å². The Morgan fingerprint density at radius 3 is 1.00 bits per heavy atom. The van der Waals surface area contributed by atoms with Crippen LogP contribution in [-0.4, -0.2) is 33.1 Å². The van der Waals surface area contributed by atoms with Gasteiger partial charge in [-0.1, -0.05) is 0 Å². The summed E-state index contributed by atoms with van der Waals surface area (Å²) in [5.74, 6) is 0. The Hall–Kier alpha value is 0.937. The van der Waals surface area contributed by atoms with E-state index in [0.29, 0.717) is 0 Å². The summed E-state index contributed by atoms with van der Waals surface area (Å²) in [7, 11) is -2.28. The molecule has 4 heteroatoms. The van der Waals surface area contributed by atoms with Crippen LogP contribution in [0.4, 0.5) is 0 Å². The zero-order chi connectivity index (χ0) is 13.2. The number of nitrogens with zero attached hydrogens (tertiary/aromatic N) is 1. The molecule has 0 heterocycles. The average Bonchev–Trinajstić information content (AvgIpc) is 2.10. The van der Waals surface area contributed by atoms with Crippen molar-refractivity contribution in [3.8, 4) is 0 Å². The zero-order valence-electron chi connectivity index (χ0n) is 13.1. The summed E-state index contributed by atoms with van der Waals surface area (Å²) in [4.78, 5) is 0. The van der Waals surface area contributed by atoms with Crippen molar-refractivity contribution in [2.45, 2.75) is 75.8 Å². The molecular formula is C12H33GeNSi2. The van der Waals surface area contributed by atoms with Crippen molar-refractivity contribution >= 4 is 30.0 Å². The molecule has 0 saturated heterocycles. The Morgan fingerprint density at radius 2 is 0.938 bits per heavy atom. The van der Waals surface area contributed by atoms with Crippen molar-refractivity contribution in [1.82, 2.24) is 3.19 Å². The molecule has 0 atom stereocenters. The third kappa shape index (κ3) is 3.72. The molecule has 16 heavy (non-hydrogen) atoms. The van der Waals surface area contributed by atoms with Crippen LogP contribution in [0.5, 0.6) is 0 Å². The Labute approximate surface area is 109 Å². The van der Waals surface area contributed by atoms with Gasteiger partial charge in [-0.25, -0.2) is 0 Å². The predicted molar refractivity (Wildman–Crippen MR) is 85.7 cm³/mol. The maximum atomic E-state index is 3.19. The van der Waals surface area contributed by atoms with Crippen molar-refractivity contribution in [2.24, 2.45) is 0 Å². The van der Waals surface area contributed by atoms with E-state index in [2.05, 4.69) is 63.2 Å². The first kappa shape index (κ1) is 16.9. The molecule has 0 rings (SSSR count). The van der Waals surface area contributed by atoms with E-state index in [0.717, 1.165) is 0 Å². The van der Waals surface area contributed by atoms with Crippen molar-refractivity contribution < 1.29 is 0 Å². The molecule has 1 nitrogen and oxygen atoms in total. The van der Waals surface area contributed by atoms with E-state index in [4.69, 9.17) is 0 Å². The van der Waals surface area contributed by atoms with E-state index in [1.807, 2.05) is 0 Å². The molecule has 0 N–H and O–H groups in total. The van der Waals surface area contributed by atoms with Crippen LogP contribution in [0.2, 0.25) is 55.0 Å². The van der Waals surface area contributed by atoms with E-state index in [-0.39, 0.29) is 0 Å². The SMILES string of the molecule is C[CH2][Ge]([CH2]C)([CH2]C)[N]([Si](C)(C)C)[Si](C)(C)C. The number of hydrogen-bond acceptors (Lipinski definition) is 1. The molecule has 0 aliphatic carbocycles. The van der Waals surface area contributed by atoms with E-state index in [1.54, 1.807) is 0 Å². The Bertz CT molecular complexity index is 192. The maximum absolute atomic E-state index is 3.19. The first-order valence-corrected chi connectivity index (χ1v) is 19.1. The van der Waals surface area contributed by atoms with Crippen LogP contribution in [0.3, 0.4) is 0 Å². The van der Waals surface area contributed by atoms with Crippen LogP contribution in [0.15, 0.2) is 0 Å². The minimum absolute atomic E-state index is 1.14. The molecule has 0 fully saturated rings. The second kappa shape index (κ2) is 5.72. The van der Waals surface area contributed by atoms with Gasteiger partial charge >= 0.3 is 109 Å². The molecule has 0 bridgehead atoms. The second-order valence-corrected chi connectivity index (χ2v) is 29.4. The van der Waals surface area contributed by atoms with Crippen molar-refractivity contribution in [3.05, 3.63) is 0 Å². The van der Waals surface area contributed by atoms with Gasteiger partial charge in [0.1, 0.15) is 0 Å². The van der Waals surface area contributed by atoms with Crippen LogP contribution in [0.1, 0.15) is 20.8 Å². The monoisotopic (exact) mass is 321 g/mol. The Kier molecular flexibility index (Phi) is 6.05. The van der Waals surface area contributed by atoms with Crippen LogP contribution >= 0.6 is 0 Å². The molecule has 0 aromatic heterocycles. The van der Waals surface area contributed by atoms with Crippen molar-refractivity contribution in [2.75, 3.05) is 0 Å². The molecule has 0 saturated carbocycles. The first-order valence-electron chi connectivity index (χ1n) is 6.85. The Balaban J connectivity index is 5.49. The van der Waals surface area contributed by atoms with Crippen molar-refractivity contribution in [1.29, 1.82) is 0 Å². The number of rotatable bonds is 6. The quantitative estimate of drug-likeness (QED) is 0.625. The fraction of sp³-hybridized carbons (Fsp3) is 1.00. The van der Waals surface area contributed by atoms with Gasteiger partial charge in [0.2, 0.25) is 0 Å². The van der Waals surface area contributed by atoms with Crippen LogP contribution in [-0.2, 0) is 0 Å². The summed E-state index contributed by atoms with van der Waals surface area (Å²) < 4.78 is 3.19. The molecule has 98 valence electrons. The van der Waals surface area contributed by atoms with Gasteiger partial charge in [-0.3, -0.25) is 0 Å². The average molecular weight is 320 g/mol. The summed E-state index contributed by atoms with van der Waals surface area (Å²) >= 11 is -1.73. The fourth-order valence-electron chi connectivity index (χ4n) is 3.65. The summed E-state index contributed by atoms with van der Waals surface area (Å²) in [6, 6.07) is 0. The second-order valence-electron chi connectivity index (χ2n) is 6.96. The Morgan fingerprint density at radius 1 is 0.688 bits per heavy atom. The van der Waals surface area contributed by atoms with Crippen LogP contribution in [0, 0.1) is 0 Å². The molecular weight excluding hydrogens is 287 g/mol. The molecule has 0 amide bonds. The van der Waals surface area contributed by atoms with Crippen molar-refractivity contribution in [3.63, 3.8) is 0 Å². The minimum atomic E-state index is -1.73. The van der Waals surface area contributed by atoms with Gasteiger partial charge in [0.05, 0.1) is 0 Å². The summed E-state index contributed by atoms with van der Waals surface area (Å²) in [6.45, 7) is 22.7. The van der Waals surface area contributed by atoms with E-state index in [1.165, 1.54) is 15.8 Å². The molecule has 0 radical (unpaired) electrons. The van der Waals surface area contributed by atoms with Gasteiger partial charge in [-0.15, -0.1) is 0 Å². The summed E-state index contributed by atoms with van der Waals surface area (Å²) in [5.41, 5.74) is 0. The standard InChI is InChI=1S/C12H33GeNSi2/c1-10-13(11-2,12-3)14(15(4,5)6)16(7,8)9/h10-12H2,1-9H3. The topological polar surface area (TPSA) is 3.24 Å². The molecule has 0 aliphatic heterocycles. The van der Waals surface area contributed by atoms with E-state index < -0.39 is 30.0 Å². The molecule has 0 unspecified atom stereocenters. The van der Waals surface area contributed by atoms with Gasteiger partial charge < -0.3 is 0 Å². The third-order valence-corrected chi connectivity index (χ3v) is 34.1. The van der Waals surface area contributed by atoms with Gasteiger partial charge in [0.25, 0.3) is 0 Å². The van der Waals surface area contributed by atoms with E-state index >= 15 is 0 Å². The molecule has 0 aromatic rings. The fourth-order valence-corrected chi connectivity index (χ4v) is 42.5. The normalized spacial score (nSPS) is 14.6. The first-order chi connectivity index (χ1) is 7.05. The van der Waals surface area contributed by atoms with E-state index in [9.17, 15) is 0 Å². The van der Waals surface area contributed by atoms with Gasteiger partial charge in [0.15, 0.2) is 0 Å². The zero-order valence-corrected chi connectivity index (χ0v) is 17.2. The summed E-state index contributed by atoms with van der Waals surface area (Å²) in [5, 5.41) is 4.46.